The van der Waals surface area contributed by atoms with E-state index in [1.54, 1.807) is 18.5 Å². The Morgan fingerprint density at radius 1 is 1.53 bits per heavy atom. The van der Waals surface area contributed by atoms with Gasteiger partial charge in [0.05, 0.1) is 17.9 Å². The maximum absolute atomic E-state index is 12.1. The summed E-state index contributed by atoms with van der Waals surface area (Å²) in [5, 5.41) is 2.87. The van der Waals surface area contributed by atoms with Gasteiger partial charge in [0.25, 0.3) is 5.91 Å². The van der Waals surface area contributed by atoms with Crippen LogP contribution in [0.25, 0.3) is 0 Å². The predicted molar refractivity (Wildman–Crippen MR) is 74.7 cm³/mol. The van der Waals surface area contributed by atoms with E-state index in [0.29, 0.717) is 24.5 Å². The van der Waals surface area contributed by atoms with Crippen molar-refractivity contribution in [1.82, 2.24) is 14.9 Å². The van der Waals surface area contributed by atoms with Gasteiger partial charge in [-0.15, -0.1) is 0 Å². The van der Waals surface area contributed by atoms with Crippen LogP contribution in [0.1, 0.15) is 28.7 Å². The van der Waals surface area contributed by atoms with Gasteiger partial charge in [0, 0.05) is 18.9 Å². The molecule has 0 spiro atoms. The van der Waals surface area contributed by atoms with Gasteiger partial charge in [-0.1, -0.05) is 6.07 Å². The van der Waals surface area contributed by atoms with Crippen LogP contribution in [0.4, 0.5) is 5.69 Å². The highest BCUT2D eigenvalue weighted by Crippen LogP contribution is 2.11. The van der Waals surface area contributed by atoms with Gasteiger partial charge in [0.15, 0.2) is 0 Å². The van der Waals surface area contributed by atoms with E-state index in [4.69, 9.17) is 5.73 Å². The Kier molecular flexibility index (Phi) is 3.85. The molecule has 100 valence electrons. The summed E-state index contributed by atoms with van der Waals surface area (Å²) in [6.45, 7) is 5.07. The summed E-state index contributed by atoms with van der Waals surface area (Å²) >= 11 is 0. The number of aromatic nitrogens is 2. The lowest BCUT2D eigenvalue weighted by Gasteiger charge is -2.08. The van der Waals surface area contributed by atoms with Crippen LogP contribution in [0, 0.1) is 6.92 Å². The largest absolute Gasteiger partial charge is 0.397 e. The molecule has 5 nitrogen and oxygen atoms in total. The number of amides is 1. The van der Waals surface area contributed by atoms with Gasteiger partial charge >= 0.3 is 0 Å². The minimum atomic E-state index is -0.136. The number of carbonyl (C=O) groups is 1. The Bertz CT molecular complexity index is 589. The molecular formula is C14H18N4O. The molecule has 0 unspecified atom stereocenters. The molecule has 19 heavy (non-hydrogen) atoms. The lowest BCUT2D eigenvalue weighted by Crippen LogP contribution is -2.26. The Labute approximate surface area is 112 Å². The highest BCUT2D eigenvalue weighted by atomic mass is 16.1. The molecule has 2 heterocycles. The van der Waals surface area contributed by atoms with Crippen molar-refractivity contribution in [3.05, 3.63) is 47.5 Å². The zero-order valence-electron chi connectivity index (χ0n) is 11.2. The highest BCUT2D eigenvalue weighted by molar-refractivity contribution is 5.93. The number of aryl methyl sites for hydroxylation is 2. The molecule has 0 fully saturated rings. The fourth-order valence-electron chi connectivity index (χ4n) is 1.94. The Morgan fingerprint density at radius 2 is 2.32 bits per heavy atom. The van der Waals surface area contributed by atoms with E-state index < -0.39 is 0 Å². The molecule has 0 saturated carbocycles. The first kappa shape index (κ1) is 13.1. The van der Waals surface area contributed by atoms with Crippen molar-refractivity contribution in [3.8, 4) is 0 Å². The van der Waals surface area contributed by atoms with E-state index in [0.717, 1.165) is 11.3 Å². The summed E-state index contributed by atoms with van der Waals surface area (Å²) in [5.41, 5.74) is 8.82. The maximum atomic E-state index is 12.1. The van der Waals surface area contributed by atoms with Gasteiger partial charge < -0.3 is 15.6 Å². The van der Waals surface area contributed by atoms with E-state index in [9.17, 15) is 4.79 Å². The molecule has 0 aliphatic carbocycles. The van der Waals surface area contributed by atoms with Crippen LogP contribution in [0.5, 0.6) is 0 Å². The minimum absolute atomic E-state index is 0.136. The fourth-order valence-corrected chi connectivity index (χ4v) is 1.94. The molecule has 0 aliphatic heterocycles. The SMILES string of the molecule is CCn1cc(N)cc1C(=O)NCc1ncccc1C. The average Bonchev–Trinajstić information content (AvgIpc) is 2.79. The number of hydrogen-bond donors (Lipinski definition) is 2. The molecule has 0 bridgehead atoms. The lowest BCUT2D eigenvalue weighted by molar-refractivity contribution is 0.0941. The molecule has 0 saturated heterocycles. The zero-order chi connectivity index (χ0) is 13.8. The quantitative estimate of drug-likeness (QED) is 0.877. The molecular weight excluding hydrogens is 240 g/mol. The average molecular weight is 258 g/mol. The van der Waals surface area contributed by atoms with Gasteiger partial charge in [-0.25, -0.2) is 0 Å². The van der Waals surface area contributed by atoms with Gasteiger partial charge in [0.2, 0.25) is 0 Å². The second-order valence-corrected chi connectivity index (χ2v) is 4.39. The van der Waals surface area contributed by atoms with E-state index in [1.807, 2.05) is 30.5 Å². The van der Waals surface area contributed by atoms with Crippen LogP contribution in [-0.4, -0.2) is 15.5 Å². The highest BCUT2D eigenvalue weighted by Gasteiger charge is 2.12. The number of nitrogen functional groups attached to an aromatic ring is 1. The van der Waals surface area contributed by atoms with Crippen molar-refractivity contribution in [1.29, 1.82) is 0 Å². The molecule has 2 rings (SSSR count). The van der Waals surface area contributed by atoms with Gasteiger partial charge in [-0.2, -0.15) is 0 Å². The molecule has 2 aromatic heterocycles. The van der Waals surface area contributed by atoms with Crippen molar-refractivity contribution in [2.45, 2.75) is 26.9 Å². The number of nitrogens with zero attached hydrogens (tertiary/aromatic N) is 2. The number of hydrogen-bond acceptors (Lipinski definition) is 3. The van der Waals surface area contributed by atoms with E-state index in [2.05, 4.69) is 10.3 Å². The molecule has 5 heteroatoms. The van der Waals surface area contributed by atoms with Crippen molar-refractivity contribution < 1.29 is 4.79 Å². The standard InChI is InChI=1S/C14H18N4O/c1-3-18-9-11(15)7-13(18)14(19)17-8-12-10(2)5-4-6-16-12/h4-7,9H,3,8,15H2,1-2H3,(H,17,19). The molecule has 0 radical (unpaired) electrons. The van der Waals surface area contributed by atoms with E-state index in [1.165, 1.54) is 0 Å². The molecule has 2 aromatic rings. The molecule has 1 amide bonds. The summed E-state index contributed by atoms with van der Waals surface area (Å²) in [5.74, 6) is -0.136. The first-order chi connectivity index (χ1) is 9.11. The van der Waals surface area contributed by atoms with Crippen molar-refractivity contribution >= 4 is 11.6 Å². The Balaban J connectivity index is 2.07. The number of nitrogens with two attached hydrogens (primary N) is 1. The topological polar surface area (TPSA) is 72.9 Å². The summed E-state index contributed by atoms with van der Waals surface area (Å²) in [6, 6.07) is 5.54. The van der Waals surface area contributed by atoms with Crippen LogP contribution in [-0.2, 0) is 13.1 Å². The summed E-state index contributed by atoms with van der Waals surface area (Å²) in [7, 11) is 0. The molecule has 0 aromatic carbocycles. The predicted octanol–water partition coefficient (Wildman–Crippen LogP) is 1.72. The second-order valence-electron chi connectivity index (χ2n) is 4.39. The van der Waals surface area contributed by atoms with Gasteiger partial charge in [-0.05, 0) is 31.5 Å². The van der Waals surface area contributed by atoms with E-state index in [-0.39, 0.29) is 5.91 Å². The first-order valence-electron chi connectivity index (χ1n) is 6.26. The van der Waals surface area contributed by atoms with Crippen molar-refractivity contribution in [2.75, 3.05) is 5.73 Å². The third-order valence-corrected chi connectivity index (χ3v) is 3.03. The number of nitrogens with one attached hydrogen (secondary N) is 1. The van der Waals surface area contributed by atoms with Crippen LogP contribution in [0.3, 0.4) is 0 Å². The Hall–Kier alpha value is -2.30. The number of carbonyl (C=O) groups excluding carboxylic acids is 1. The van der Waals surface area contributed by atoms with Crippen LogP contribution in [0.15, 0.2) is 30.6 Å². The molecule has 0 aliphatic rings. The number of pyridine rings is 1. The maximum Gasteiger partial charge on any atom is 0.268 e. The van der Waals surface area contributed by atoms with Crippen LogP contribution in [0.2, 0.25) is 0 Å². The zero-order valence-corrected chi connectivity index (χ0v) is 11.2. The normalized spacial score (nSPS) is 10.4. The van der Waals surface area contributed by atoms with Gasteiger partial charge in [-0.3, -0.25) is 9.78 Å². The third-order valence-electron chi connectivity index (χ3n) is 3.03. The minimum Gasteiger partial charge on any atom is -0.397 e. The van der Waals surface area contributed by atoms with E-state index >= 15 is 0 Å². The molecule has 0 atom stereocenters. The van der Waals surface area contributed by atoms with Crippen LogP contribution >= 0.6 is 0 Å². The van der Waals surface area contributed by atoms with Crippen molar-refractivity contribution in [3.63, 3.8) is 0 Å². The lowest BCUT2D eigenvalue weighted by atomic mass is 10.2. The summed E-state index contributed by atoms with van der Waals surface area (Å²) in [4.78, 5) is 16.4. The van der Waals surface area contributed by atoms with Crippen molar-refractivity contribution in [2.24, 2.45) is 0 Å². The molecule has 3 N–H and O–H groups in total. The summed E-state index contributed by atoms with van der Waals surface area (Å²) in [6.07, 6.45) is 3.49. The number of rotatable bonds is 4. The fraction of sp³-hybridized carbons (Fsp3) is 0.286. The van der Waals surface area contributed by atoms with Crippen LogP contribution < -0.4 is 11.1 Å². The first-order valence-corrected chi connectivity index (χ1v) is 6.26. The smallest absolute Gasteiger partial charge is 0.268 e. The third kappa shape index (κ3) is 2.93. The monoisotopic (exact) mass is 258 g/mol. The number of anilines is 1. The van der Waals surface area contributed by atoms with Gasteiger partial charge in [0.1, 0.15) is 5.69 Å². The Morgan fingerprint density at radius 3 is 3.00 bits per heavy atom. The summed E-state index contributed by atoms with van der Waals surface area (Å²) < 4.78 is 1.83. The second kappa shape index (κ2) is 5.56.